The van der Waals surface area contributed by atoms with E-state index in [9.17, 15) is 14.4 Å². The van der Waals surface area contributed by atoms with Crippen LogP contribution < -0.4 is 4.74 Å². The maximum atomic E-state index is 12.4. The Hall–Kier alpha value is -2.02. The molecule has 0 N–H and O–H groups in total. The quantitative estimate of drug-likeness (QED) is 0.597. The zero-order chi connectivity index (χ0) is 17.3. The van der Waals surface area contributed by atoms with Crippen molar-refractivity contribution in [2.24, 2.45) is 0 Å². The van der Waals surface area contributed by atoms with Gasteiger partial charge in [-0.2, -0.15) is 0 Å². The van der Waals surface area contributed by atoms with Gasteiger partial charge in [0.1, 0.15) is 11.8 Å². The van der Waals surface area contributed by atoms with Crippen LogP contribution in [0.2, 0.25) is 0 Å². The number of hydrogen-bond acceptors (Lipinski definition) is 6. The Morgan fingerprint density at radius 1 is 1.38 bits per heavy atom. The van der Waals surface area contributed by atoms with Crippen LogP contribution in [-0.4, -0.2) is 52.9 Å². The van der Waals surface area contributed by atoms with E-state index in [0.29, 0.717) is 23.5 Å². The van der Waals surface area contributed by atoms with E-state index in [4.69, 9.17) is 9.47 Å². The van der Waals surface area contributed by atoms with Crippen molar-refractivity contribution >= 4 is 29.4 Å². The number of carbonyl (C=O) groups is 3. The molecule has 0 unspecified atom stereocenters. The van der Waals surface area contributed by atoms with E-state index in [-0.39, 0.29) is 23.2 Å². The van der Waals surface area contributed by atoms with Gasteiger partial charge in [-0.1, -0.05) is 12.1 Å². The molecule has 0 saturated carbocycles. The molecular formula is C17H19NO5S. The first-order chi connectivity index (χ1) is 11.5. The maximum absolute atomic E-state index is 12.4. The van der Waals surface area contributed by atoms with Gasteiger partial charge in [0.2, 0.25) is 11.7 Å². The number of thioether (sulfide) groups is 1. The van der Waals surface area contributed by atoms with Gasteiger partial charge >= 0.3 is 5.97 Å². The predicted molar refractivity (Wildman–Crippen MR) is 89.0 cm³/mol. The standard InChI is InChI=1S/C17H19NO5S/c1-17-8-7-15(20)18(17)12(10-24-17)16(21)23-9-13(19)11-5-3-4-6-14(11)22-2/h3-6,12H,7-10H2,1-2H3/t12-,17-/m0/s1. The summed E-state index contributed by atoms with van der Waals surface area (Å²) in [6, 6.07) is 6.18. The van der Waals surface area contributed by atoms with Gasteiger partial charge in [-0.05, 0) is 25.5 Å². The number of ketones is 1. The molecule has 24 heavy (non-hydrogen) atoms. The number of carbonyl (C=O) groups excluding carboxylic acids is 3. The lowest BCUT2D eigenvalue weighted by molar-refractivity contribution is -0.152. The van der Waals surface area contributed by atoms with Crippen LogP contribution in [0.5, 0.6) is 5.75 Å². The van der Waals surface area contributed by atoms with Crippen LogP contribution in [0.25, 0.3) is 0 Å². The summed E-state index contributed by atoms with van der Waals surface area (Å²) in [6.45, 7) is 1.61. The first-order valence-electron chi connectivity index (χ1n) is 7.75. The molecule has 0 bridgehead atoms. The Labute approximate surface area is 144 Å². The molecule has 2 aliphatic heterocycles. The molecule has 1 aromatic rings. The Balaban J connectivity index is 1.64. The summed E-state index contributed by atoms with van der Waals surface area (Å²) in [4.78, 5) is 37.9. The summed E-state index contributed by atoms with van der Waals surface area (Å²) >= 11 is 1.59. The van der Waals surface area contributed by atoms with Crippen LogP contribution in [0, 0.1) is 0 Å². The molecule has 1 aromatic carbocycles. The van der Waals surface area contributed by atoms with Crippen LogP contribution in [0.3, 0.4) is 0 Å². The summed E-state index contributed by atoms with van der Waals surface area (Å²) < 4.78 is 10.3. The number of hydrogen-bond donors (Lipinski definition) is 0. The van der Waals surface area contributed by atoms with E-state index >= 15 is 0 Å². The Kier molecular flexibility index (Phi) is 4.54. The largest absolute Gasteiger partial charge is 0.496 e. The first kappa shape index (κ1) is 16.8. The maximum Gasteiger partial charge on any atom is 0.330 e. The lowest BCUT2D eigenvalue weighted by Gasteiger charge is -2.29. The Bertz CT molecular complexity index is 691. The highest BCUT2D eigenvalue weighted by molar-refractivity contribution is 8.01. The van der Waals surface area contributed by atoms with Gasteiger partial charge in [0.25, 0.3) is 0 Å². The second kappa shape index (κ2) is 6.47. The third-order valence-corrected chi connectivity index (χ3v) is 5.97. The molecule has 128 valence electrons. The number of para-hydroxylation sites is 1. The van der Waals surface area contributed by atoms with Crippen molar-refractivity contribution in [3.63, 3.8) is 0 Å². The van der Waals surface area contributed by atoms with Gasteiger partial charge in [0.05, 0.1) is 17.5 Å². The van der Waals surface area contributed by atoms with Crippen molar-refractivity contribution in [2.75, 3.05) is 19.5 Å². The van der Waals surface area contributed by atoms with E-state index in [1.807, 2.05) is 6.92 Å². The van der Waals surface area contributed by atoms with Gasteiger partial charge < -0.3 is 14.4 Å². The molecule has 7 heteroatoms. The number of fused-ring (bicyclic) bond motifs is 1. The van der Waals surface area contributed by atoms with Gasteiger partial charge in [0, 0.05) is 12.2 Å². The molecule has 2 fully saturated rings. The molecule has 2 heterocycles. The molecule has 2 saturated heterocycles. The Morgan fingerprint density at radius 2 is 2.12 bits per heavy atom. The highest BCUT2D eigenvalue weighted by Crippen LogP contribution is 2.47. The number of methoxy groups -OCH3 is 1. The monoisotopic (exact) mass is 349 g/mol. The van der Waals surface area contributed by atoms with Crippen LogP contribution in [0.4, 0.5) is 0 Å². The van der Waals surface area contributed by atoms with Crippen LogP contribution in [-0.2, 0) is 14.3 Å². The number of benzene rings is 1. The highest BCUT2D eigenvalue weighted by Gasteiger charge is 2.53. The topological polar surface area (TPSA) is 72.9 Å². The first-order valence-corrected chi connectivity index (χ1v) is 8.74. The highest BCUT2D eigenvalue weighted by atomic mass is 32.2. The van der Waals surface area contributed by atoms with E-state index in [2.05, 4.69) is 0 Å². The van der Waals surface area contributed by atoms with E-state index < -0.39 is 12.0 Å². The van der Waals surface area contributed by atoms with Crippen LogP contribution >= 0.6 is 11.8 Å². The third-order valence-electron chi connectivity index (χ3n) is 4.47. The van der Waals surface area contributed by atoms with Crippen molar-refractivity contribution in [2.45, 2.75) is 30.7 Å². The minimum Gasteiger partial charge on any atom is -0.496 e. The summed E-state index contributed by atoms with van der Waals surface area (Å²) in [5.74, 6) is 0.0636. The number of rotatable bonds is 5. The molecule has 0 aliphatic carbocycles. The second-order valence-electron chi connectivity index (χ2n) is 6.00. The third kappa shape index (κ3) is 2.88. The average molecular weight is 349 g/mol. The van der Waals surface area contributed by atoms with Crippen molar-refractivity contribution in [1.82, 2.24) is 4.90 Å². The summed E-state index contributed by atoms with van der Waals surface area (Å²) in [5, 5.41) is 0. The summed E-state index contributed by atoms with van der Waals surface area (Å²) in [6.07, 6.45) is 1.19. The number of esters is 1. The molecule has 0 spiro atoms. The van der Waals surface area contributed by atoms with Gasteiger partial charge in [-0.25, -0.2) is 4.79 Å². The van der Waals surface area contributed by atoms with Gasteiger partial charge in [-0.3, -0.25) is 9.59 Å². The number of amides is 1. The lowest BCUT2D eigenvalue weighted by Crippen LogP contribution is -2.46. The number of nitrogens with zero attached hydrogens (tertiary/aromatic N) is 1. The second-order valence-corrected chi connectivity index (χ2v) is 7.50. The van der Waals surface area contributed by atoms with Crippen molar-refractivity contribution in [1.29, 1.82) is 0 Å². The van der Waals surface area contributed by atoms with Crippen LogP contribution in [0.15, 0.2) is 24.3 Å². The zero-order valence-corrected chi connectivity index (χ0v) is 14.4. The molecule has 3 rings (SSSR count). The lowest BCUT2D eigenvalue weighted by atomic mass is 10.1. The number of Topliss-reactive ketones (excluding diaryl/α,β-unsaturated/α-hetero) is 1. The fourth-order valence-corrected chi connectivity index (χ4v) is 4.60. The van der Waals surface area contributed by atoms with E-state index in [0.717, 1.165) is 6.42 Å². The average Bonchev–Trinajstić information content (AvgIpc) is 3.08. The minimum atomic E-state index is -0.611. The fraction of sp³-hybridized carbons (Fsp3) is 0.471. The predicted octanol–water partition coefficient (Wildman–Crippen LogP) is 1.88. The molecule has 1 amide bonds. The molecule has 2 atom stereocenters. The normalized spacial score (nSPS) is 25.5. The zero-order valence-electron chi connectivity index (χ0n) is 13.6. The van der Waals surface area contributed by atoms with Gasteiger partial charge in [0.15, 0.2) is 6.61 Å². The van der Waals surface area contributed by atoms with Gasteiger partial charge in [-0.15, -0.1) is 11.8 Å². The minimum absolute atomic E-state index is 0.0273. The fourth-order valence-electron chi connectivity index (χ4n) is 3.18. The molecular weight excluding hydrogens is 330 g/mol. The summed E-state index contributed by atoms with van der Waals surface area (Å²) in [5.41, 5.74) is 0.371. The SMILES string of the molecule is COc1ccccc1C(=O)COC(=O)[C@@H]1CS[C@@]2(C)CCC(=O)N12. The Morgan fingerprint density at radius 3 is 2.88 bits per heavy atom. The number of ether oxygens (including phenoxy) is 2. The summed E-state index contributed by atoms with van der Waals surface area (Å²) in [7, 11) is 1.48. The van der Waals surface area contributed by atoms with Crippen molar-refractivity contribution in [3.8, 4) is 5.75 Å². The molecule has 0 aromatic heterocycles. The smallest absolute Gasteiger partial charge is 0.330 e. The van der Waals surface area contributed by atoms with E-state index in [1.165, 1.54) is 7.11 Å². The van der Waals surface area contributed by atoms with E-state index in [1.54, 1.807) is 40.9 Å². The van der Waals surface area contributed by atoms with Crippen molar-refractivity contribution < 1.29 is 23.9 Å². The van der Waals surface area contributed by atoms with Crippen LogP contribution in [0.1, 0.15) is 30.1 Å². The molecule has 0 radical (unpaired) electrons. The molecule has 2 aliphatic rings. The molecule has 6 nitrogen and oxygen atoms in total. The van der Waals surface area contributed by atoms with Crippen molar-refractivity contribution in [3.05, 3.63) is 29.8 Å².